The number of rotatable bonds is 5. The van der Waals surface area contributed by atoms with Crippen LogP contribution in [0.5, 0.6) is 0 Å². The quantitative estimate of drug-likeness (QED) is 0.548. The Hall–Kier alpha value is -2.01. The van der Waals surface area contributed by atoms with E-state index in [1.807, 2.05) is 0 Å². The van der Waals surface area contributed by atoms with Crippen LogP contribution in [0.1, 0.15) is 6.42 Å². The molecule has 3 heterocycles. The van der Waals surface area contributed by atoms with Gasteiger partial charge in [-0.2, -0.15) is 0 Å². The number of amides is 1. The van der Waals surface area contributed by atoms with E-state index in [1.54, 1.807) is 12.1 Å². The second-order valence-corrected chi connectivity index (χ2v) is 8.28. The summed E-state index contributed by atoms with van der Waals surface area (Å²) in [7, 11) is -3.02. The second-order valence-electron chi connectivity index (χ2n) is 5.11. The first-order valence-electron chi connectivity index (χ1n) is 6.81. The lowest BCUT2D eigenvalue weighted by Gasteiger charge is -2.10. The minimum Gasteiger partial charge on any atom is -0.461 e. The van der Waals surface area contributed by atoms with Crippen molar-refractivity contribution in [2.75, 3.05) is 23.1 Å². The number of nitrogens with zero attached hydrogens (tertiary/aromatic N) is 3. The van der Waals surface area contributed by atoms with Gasteiger partial charge in [-0.3, -0.25) is 4.79 Å². The molecule has 11 heteroatoms. The summed E-state index contributed by atoms with van der Waals surface area (Å²) < 4.78 is 29.2. The van der Waals surface area contributed by atoms with Crippen molar-refractivity contribution in [2.24, 2.45) is 0 Å². The zero-order valence-corrected chi connectivity index (χ0v) is 13.6. The Balaban J connectivity index is 1.56. The van der Waals surface area contributed by atoms with Crippen molar-refractivity contribution >= 4 is 27.5 Å². The molecule has 0 aromatic carbocycles. The standard InChI is InChI=1S/C12H15N5O4S2/c13-17-11(9-2-1-4-21-9)15-16-12(17)22-6-10(18)14-8-3-5-23(19,20)7-8/h1-2,4,8H,3,5-7,13H2,(H,14,18). The summed E-state index contributed by atoms with van der Waals surface area (Å²) in [5.41, 5.74) is 0. The summed E-state index contributed by atoms with van der Waals surface area (Å²) >= 11 is 1.12. The Labute approximate surface area is 136 Å². The third kappa shape index (κ3) is 3.67. The van der Waals surface area contributed by atoms with E-state index >= 15 is 0 Å². The molecule has 1 aliphatic rings. The highest BCUT2D eigenvalue weighted by atomic mass is 32.2. The summed E-state index contributed by atoms with van der Waals surface area (Å²) in [6, 6.07) is 3.09. The zero-order valence-electron chi connectivity index (χ0n) is 12.0. The van der Waals surface area contributed by atoms with Crippen molar-refractivity contribution in [1.29, 1.82) is 0 Å². The molecule has 1 amide bonds. The van der Waals surface area contributed by atoms with Crippen LogP contribution in [0.3, 0.4) is 0 Å². The van der Waals surface area contributed by atoms with Crippen LogP contribution in [0, 0.1) is 0 Å². The molecule has 1 unspecified atom stereocenters. The van der Waals surface area contributed by atoms with Crippen LogP contribution in [-0.4, -0.2) is 52.5 Å². The molecule has 3 N–H and O–H groups in total. The number of aromatic nitrogens is 3. The van der Waals surface area contributed by atoms with Gasteiger partial charge in [0.05, 0.1) is 23.5 Å². The summed E-state index contributed by atoms with van der Waals surface area (Å²) in [6.45, 7) is 0. The predicted molar refractivity (Wildman–Crippen MR) is 83.8 cm³/mol. The number of carbonyl (C=O) groups excluding carboxylic acids is 1. The Morgan fingerprint density at radius 1 is 1.52 bits per heavy atom. The number of hydrogen-bond donors (Lipinski definition) is 2. The van der Waals surface area contributed by atoms with Crippen LogP contribution in [0.4, 0.5) is 0 Å². The summed E-state index contributed by atoms with van der Waals surface area (Å²) in [5.74, 6) is 6.65. The number of hydrogen-bond acceptors (Lipinski definition) is 8. The normalized spacial score (nSPS) is 19.7. The van der Waals surface area contributed by atoms with E-state index in [0.29, 0.717) is 23.2 Å². The minimum atomic E-state index is -3.02. The van der Waals surface area contributed by atoms with Gasteiger partial charge in [0.15, 0.2) is 15.6 Å². The monoisotopic (exact) mass is 357 g/mol. The maximum Gasteiger partial charge on any atom is 0.230 e. The number of nitrogens with one attached hydrogen (secondary N) is 1. The molecule has 1 saturated heterocycles. The summed E-state index contributed by atoms with van der Waals surface area (Å²) in [4.78, 5) is 11.9. The largest absolute Gasteiger partial charge is 0.461 e. The van der Waals surface area contributed by atoms with Gasteiger partial charge in [0.25, 0.3) is 0 Å². The van der Waals surface area contributed by atoms with Gasteiger partial charge in [-0.05, 0) is 18.6 Å². The molecule has 0 radical (unpaired) electrons. The van der Waals surface area contributed by atoms with Gasteiger partial charge < -0.3 is 15.6 Å². The van der Waals surface area contributed by atoms with Gasteiger partial charge in [0, 0.05) is 6.04 Å². The lowest BCUT2D eigenvalue weighted by molar-refractivity contribution is -0.119. The van der Waals surface area contributed by atoms with Crippen LogP contribution in [0.2, 0.25) is 0 Å². The fourth-order valence-electron chi connectivity index (χ4n) is 2.26. The molecule has 1 atom stereocenters. The van der Waals surface area contributed by atoms with Crippen LogP contribution >= 0.6 is 11.8 Å². The van der Waals surface area contributed by atoms with Crippen LogP contribution in [0.15, 0.2) is 28.0 Å². The molecular formula is C12H15N5O4S2. The highest BCUT2D eigenvalue weighted by Crippen LogP contribution is 2.21. The number of thioether (sulfide) groups is 1. The van der Waals surface area contributed by atoms with Crippen LogP contribution < -0.4 is 11.2 Å². The molecular weight excluding hydrogens is 342 g/mol. The number of furan rings is 1. The number of sulfone groups is 1. The molecule has 0 saturated carbocycles. The predicted octanol–water partition coefficient (Wildman–Crippen LogP) is -0.353. The van der Waals surface area contributed by atoms with E-state index < -0.39 is 9.84 Å². The van der Waals surface area contributed by atoms with Gasteiger partial charge in [-0.1, -0.05) is 11.8 Å². The van der Waals surface area contributed by atoms with Crippen molar-refractivity contribution < 1.29 is 17.6 Å². The Kier molecular flexibility index (Phi) is 4.31. The van der Waals surface area contributed by atoms with Crippen molar-refractivity contribution in [3.8, 4) is 11.6 Å². The van der Waals surface area contributed by atoms with Crippen LogP contribution in [-0.2, 0) is 14.6 Å². The van der Waals surface area contributed by atoms with Crippen molar-refractivity contribution in [1.82, 2.24) is 20.2 Å². The maximum absolute atomic E-state index is 11.9. The Bertz CT molecular complexity index is 800. The number of carbonyl (C=O) groups is 1. The third-order valence-corrected chi connectivity index (χ3v) is 6.05. The van der Waals surface area contributed by atoms with E-state index in [1.165, 1.54) is 10.9 Å². The number of nitrogens with two attached hydrogens (primary N) is 1. The highest BCUT2D eigenvalue weighted by molar-refractivity contribution is 7.99. The minimum absolute atomic E-state index is 0.000873. The lowest BCUT2D eigenvalue weighted by Crippen LogP contribution is -2.36. The van der Waals surface area contributed by atoms with E-state index in [2.05, 4.69) is 15.5 Å². The molecule has 2 aromatic heterocycles. The maximum atomic E-state index is 11.9. The summed E-state index contributed by atoms with van der Waals surface area (Å²) in [6.07, 6.45) is 1.95. The molecule has 0 aliphatic carbocycles. The highest BCUT2D eigenvalue weighted by Gasteiger charge is 2.29. The molecule has 2 aromatic rings. The first-order chi connectivity index (χ1) is 10.9. The molecule has 9 nitrogen and oxygen atoms in total. The van der Waals surface area contributed by atoms with Gasteiger partial charge in [-0.25, -0.2) is 13.1 Å². The van der Waals surface area contributed by atoms with Crippen molar-refractivity contribution in [3.63, 3.8) is 0 Å². The van der Waals surface area contributed by atoms with Gasteiger partial charge in [-0.15, -0.1) is 10.2 Å². The number of nitrogen functional groups attached to an aromatic ring is 1. The van der Waals surface area contributed by atoms with E-state index in [0.717, 1.165) is 11.8 Å². The van der Waals surface area contributed by atoms with E-state index in [-0.39, 0.29) is 29.2 Å². The van der Waals surface area contributed by atoms with Crippen molar-refractivity contribution in [2.45, 2.75) is 17.6 Å². The van der Waals surface area contributed by atoms with Gasteiger partial charge in [0.1, 0.15) is 0 Å². The lowest BCUT2D eigenvalue weighted by atomic mass is 10.3. The summed E-state index contributed by atoms with van der Waals surface area (Å²) in [5, 5.41) is 10.9. The first kappa shape index (κ1) is 15.9. The molecule has 3 rings (SSSR count). The first-order valence-corrected chi connectivity index (χ1v) is 9.62. The molecule has 1 aliphatic heterocycles. The molecule has 23 heavy (non-hydrogen) atoms. The van der Waals surface area contributed by atoms with Gasteiger partial charge >= 0.3 is 0 Å². The van der Waals surface area contributed by atoms with Crippen LogP contribution in [0.25, 0.3) is 11.6 Å². The zero-order chi connectivity index (χ0) is 16.4. The van der Waals surface area contributed by atoms with Crippen molar-refractivity contribution in [3.05, 3.63) is 18.4 Å². The fourth-order valence-corrected chi connectivity index (χ4v) is 4.60. The molecule has 0 bridgehead atoms. The fraction of sp³-hybridized carbons (Fsp3) is 0.417. The smallest absolute Gasteiger partial charge is 0.230 e. The molecule has 124 valence electrons. The van der Waals surface area contributed by atoms with E-state index in [4.69, 9.17) is 10.3 Å². The molecule has 1 fully saturated rings. The average Bonchev–Trinajstić information content (AvgIpc) is 3.18. The Morgan fingerprint density at radius 3 is 3.00 bits per heavy atom. The molecule has 0 spiro atoms. The second kappa shape index (κ2) is 6.24. The topological polar surface area (TPSA) is 133 Å². The SMILES string of the molecule is Nn1c(SCC(=O)NC2CCS(=O)(=O)C2)nnc1-c1ccco1. The third-order valence-electron chi connectivity index (χ3n) is 3.34. The van der Waals surface area contributed by atoms with E-state index in [9.17, 15) is 13.2 Å². The Morgan fingerprint density at radius 2 is 2.35 bits per heavy atom. The average molecular weight is 357 g/mol. The van der Waals surface area contributed by atoms with Gasteiger partial charge in [0.2, 0.25) is 16.9 Å².